The molecule has 1 aliphatic heterocycles. The highest BCUT2D eigenvalue weighted by Gasteiger charge is 2.28. The minimum Gasteiger partial charge on any atom is -0.480 e. The van der Waals surface area contributed by atoms with Gasteiger partial charge < -0.3 is 9.52 Å². The topological polar surface area (TPSA) is 53.7 Å². The summed E-state index contributed by atoms with van der Waals surface area (Å²) in [4.78, 5) is 13.3. The maximum absolute atomic E-state index is 11.3. The van der Waals surface area contributed by atoms with Gasteiger partial charge in [-0.15, -0.1) is 0 Å². The van der Waals surface area contributed by atoms with E-state index in [2.05, 4.69) is 11.0 Å². The number of hydrogen-bond donors (Lipinski definition) is 1. The summed E-state index contributed by atoms with van der Waals surface area (Å²) in [7, 11) is 0. The molecule has 4 heteroatoms. The fourth-order valence-electron chi connectivity index (χ4n) is 2.81. The van der Waals surface area contributed by atoms with Crippen LogP contribution < -0.4 is 0 Å². The van der Waals surface area contributed by atoms with Crippen LogP contribution in [0.4, 0.5) is 0 Å². The monoisotopic (exact) mass is 259 g/mol. The van der Waals surface area contributed by atoms with Crippen LogP contribution in [0, 0.1) is 0 Å². The third kappa shape index (κ3) is 2.49. The molecular weight excluding hydrogens is 242 g/mol. The Hall–Kier alpha value is -1.81. The van der Waals surface area contributed by atoms with Crippen molar-refractivity contribution < 1.29 is 14.3 Å². The van der Waals surface area contributed by atoms with Gasteiger partial charge in [0.05, 0.1) is 6.26 Å². The standard InChI is InChI=1S/C15H17NO3/c17-15(18)13-3-1-2-7-16(13)10-11-4-5-14-12(9-11)6-8-19-14/h4-6,8-9,13H,1-3,7,10H2,(H,17,18). The van der Waals surface area contributed by atoms with Crippen LogP contribution in [-0.4, -0.2) is 28.6 Å². The summed E-state index contributed by atoms with van der Waals surface area (Å²) in [6, 6.07) is 7.63. The van der Waals surface area contributed by atoms with Gasteiger partial charge in [-0.2, -0.15) is 0 Å². The van der Waals surface area contributed by atoms with Crippen LogP contribution in [0.3, 0.4) is 0 Å². The van der Waals surface area contributed by atoms with Crippen LogP contribution in [0.5, 0.6) is 0 Å². The lowest BCUT2D eigenvalue weighted by Gasteiger charge is -2.32. The van der Waals surface area contributed by atoms with Gasteiger partial charge in [0.2, 0.25) is 0 Å². The second kappa shape index (κ2) is 5.05. The van der Waals surface area contributed by atoms with E-state index in [1.165, 1.54) is 0 Å². The van der Waals surface area contributed by atoms with Gasteiger partial charge in [0.25, 0.3) is 0 Å². The molecule has 0 saturated carbocycles. The van der Waals surface area contributed by atoms with E-state index in [1.54, 1.807) is 6.26 Å². The molecule has 1 fully saturated rings. The summed E-state index contributed by atoms with van der Waals surface area (Å²) in [6.07, 6.45) is 4.52. The Balaban J connectivity index is 1.80. The van der Waals surface area contributed by atoms with E-state index in [0.717, 1.165) is 42.3 Å². The van der Waals surface area contributed by atoms with E-state index in [1.807, 2.05) is 18.2 Å². The van der Waals surface area contributed by atoms with Gasteiger partial charge in [0, 0.05) is 11.9 Å². The first-order valence-electron chi connectivity index (χ1n) is 6.67. The number of hydrogen-bond acceptors (Lipinski definition) is 3. The highest BCUT2D eigenvalue weighted by Crippen LogP contribution is 2.22. The van der Waals surface area contributed by atoms with Gasteiger partial charge in [-0.25, -0.2) is 0 Å². The van der Waals surface area contributed by atoms with E-state index in [9.17, 15) is 9.90 Å². The van der Waals surface area contributed by atoms with Gasteiger partial charge in [0.1, 0.15) is 11.6 Å². The van der Waals surface area contributed by atoms with Gasteiger partial charge >= 0.3 is 5.97 Å². The van der Waals surface area contributed by atoms with Crippen LogP contribution in [0.25, 0.3) is 11.0 Å². The van der Waals surface area contributed by atoms with Gasteiger partial charge in [0.15, 0.2) is 0 Å². The molecule has 0 radical (unpaired) electrons. The lowest BCUT2D eigenvalue weighted by atomic mass is 10.0. The Kier molecular flexibility index (Phi) is 3.25. The van der Waals surface area contributed by atoms with E-state index in [4.69, 9.17) is 4.42 Å². The molecule has 19 heavy (non-hydrogen) atoms. The number of carbonyl (C=O) groups is 1. The Morgan fingerprint density at radius 1 is 1.37 bits per heavy atom. The number of aliphatic carboxylic acids is 1. The van der Waals surface area contributed by atoms with Crippen molar-refractivity contribution >= 4 is 16.9 Å². The number of rotatable bonds is 3. The molecule has 0 aliphatic carbocycles. The zero-order valence-electron chi connectivity index (χ0n) is 10.7. The lowest BCUT2D eigenvalue weighted by molar-refractivity contribution is -0.144. The predicted molar refractivity (Wildman–Crippen MR) is 71.9 cm³/mol. The van der Waals surface area contributed by atoms with Crippen molar-refractivity contribution in [2.75, 3.05) is 6.54 Å². The fourth-order valence-corrected chi connectivity index (χ4v) is 2.81. The fraction of sp³-hybridized carbons (Fsp3) is 0.400. The largest absolute Gasteiger partial charge is 0.480 e. The van der Waals surface area contributed by atoms with E-state index < -0.39 is 5.97 Å². The molecule has 1 aromatic carbocycles. The van der Waals surface area contributed by atoms with Gasteiger partial charge in [-0.3, -0.25) is 9.69 Å². The molecule has 3 rings (SSSR count). The molecule has 100 valence electrons. The molecule has 4 nitrogen and oxygen atoms in total. The second-order valence-corrected chi connectivity index (χ2v) is 5.11. The molecular formula is C15H17NO3. The molecule has 2 heterocycles. The quantitative estimate of drug-likeness (QED) is 0.920. The summed E-state index contributed by atoms with van der Waals surface area (Å²) in [5, 5.41) is 10.3. The second-order valence-electron chi connectivity index (χ2n) is 5.11. The normalized spacial score (nSPS) is 20.7. The lowest BCUT2D eigenvalue weighted by Crippen LogP contribution is -2.43. The summed E-state index contributed by atoms with van der Waals surface area (Å²) < 4.78 is 5.31. The number of carboxylic acids is 1. The van der Waals surface area contributed by atoms with Crippen molar-refractivity contribution in [3.05, 3.63) is 36.1 Å². The van der Waals surface area contributed by atoms with Crippen molar-refractivity contribution in [3.8, 4) is 0 Å². The summed E-state index contributed by atoms with van der Waals surface area (Å²) >= 11 is 0. The Bertz CT molecular complexity index is 590. The zero-order chi connectivity index (χ0) is 13.2. The molecule has 1 aromatic heterocycles. The minimum absolute atomic E-state index is 0.339. The van der Waals surface area contributed by atoms with Crippen LogP contribution in [0.15, 0.2) is 34.9 Å². The maximum atomic E-state index is 11.3. The first-order chi connectivity index (χ1) is 9.24. The average Bonchev–Trinajstić information content (AvgIpc) is 2.86. The Labute approximate surface area is 111 Å². The highest BCUT2D eigenvalue weighted by molar-refractivity contribution is 5.77. The van der Waals surface area contributed by atoms with Crippen LogP contribution in [0.1, 0.15) is 24.8 Å². The molecule has 1 saturated heterocycles. The first kappa shape index (κ1) is 12.2. The predicted octanol–water partition coefficient (Wildman–Crippen LogP) is 2.87. The van der Waals surface area contributed by atoms with Gasteiger partial charge in [-0.05, 0) is 43.1 Å². The number of benzene rings is 1. The van der Waals surface area contributed by atoms with Gasteiger partial charge in [-0.1, -0.05) is 12.5 Å². The molecule has 1 N–H and O–H groups in total. The molecule has 2 aromatic rings. The van der Waals surface area contributed by atoms with Crippen molar-refractivity contribution in [1.29, 1.82) is 0 Å². The van der Waals surface area contributed by atoms with E-state index in [0.29, 0.717) is 6.54 Å². The molecule has 0 bridgehead atoms. The number of fused-ring (bicyclic) bond motifs is 1. The number of likely N-dealkylation sites (tertiary alicyclic amines) is 1. The maximum Gasteiger partial charge on any atom is 0.320 e. The smallest absolute Gasteiger partial charge is 0.320 e. The van der Waals surface area contributed by atoms with E-state index >= 15 is 0 Å². The number of furan rings is 1. The summed E-state index contributed by atoms with van der Waals surface area (Å²) in [5.74, 6) is -0.705. The Morgan fingerprint density at radius 2 is 2.26 bits per heavy atom. The summed E-state index contributed by atoms with van der Waals surface area (Å²) in [6.45, 7) is 1.55. The molecule has 1 unspecified atom stereocenters. The van der Waals surface area contributed by atoms with Crippen molar-refractivity contribution in [3.63, 3.8) is 0 Å². The highest BCUT2D eigenvalue weighted by atomic mass is 16.4. The van der Waals surface area contributed by atoms with Crippen molar-refractivity contribution in [2.45, 2.75) is 31.8 Å². The third-order valence-electron chi connectivity index (χ3n) is 3.80. The minimum atomic E-state index is -0.705. The van der Waals surface area contributed by atoms with Crippen LogP contribution >= 0.6 is 0 Å². The molecule has 1 atom stereocenters. The molecule has 0 spiro atoms. The Morgan fingerprint density at radius 3 is 3.11 bits per heavy atom. The zero-order valence-corrected chi connectivity index (χ0v) is 10.7. The van der Waals surface area contributed by atoms with Crippen LogP contribution in [-0.2, 0) is 11.3 Å². The average molecular weight is 259 g/mol. The van der Waals surface area contributed by atoms with Crippen molar-refractivity contribution in [1.82, 2.24) is 4.90 Å². The number of piperidine rings is 1. The van der Waals surface area contributed by atoms with Crippen LogP contribution in [0.2, 0.25) is 0 Å². The molecule has 0 amide bonds. The van der Waals surface area contributed by atoms with E-state index in [-0.39, 0.29) is 6.04 Å². The first-order valence-corrected chi connectivity index (χ1v) is 6.67. The number of carboxylic acid groups (broad SMARTS) is 1. The third-order valence-corrected chi connectivity index (χ3v) is 3.80. The summed E-state index contributed by atoms with van der Waals surface area (Å²) in [5.41, 5.74) is 2.01. The SMILES string of the molecule is O=C(O)C1CCCCN1Cc1ccc2occc2c1. The van der Waals surface area contributed by atoms with Crippen molar-refractivity contribution in [2.24, 2.45) is 0 Å². The molecule has 1 aliphatic rings. The number of nitrogens with zero attached hydrogens (tertiary/aromatic N) is 1.